The summed E-state index contributed by atoms with van der Waals surface area (Å²) in [6.07, 6.45) is 1.93. The van der Waals surface area contributed by atoms with Gasteiger partial charge in [-0.25, -0.2) is 0 Å². The Balaban J connectivity index is 2.34. The maximum absolute atomic E-state index is 12.5. The summed E-state index contributed by atoms with van der Waals surface area (Å²) in [4.78, 5) is 22.2. The minimum Gasteiger partial charge on any atom is -0.356 e. The summed E-state index contributed by atoms with van der Waals surface area (Å²) in [5.41, 5.74) is 1.24. The fraction of sp³-hybridized carbons (Fsp3) is 0. The molecule has 0 amide bonds. The quantitative estimate of drug-likeness (QED) is 0.519. The van der Waals surface area contributed by atoms with Crippen LogP contribution in [0.5, 0.6) is 0 Å². The molecule has 21 heavy (non-hydrogen) atoms. The van der Waals surface area contributed by atoms with E-state index in [1.807, 2.05) is 0 Å². The van der Waals surface area contributed by atoms with Crippen LogP contribution in [0.15, 0.2) is 60.9 Å². The van der Waals surface area contributed by atoms with E-state index in [2.05, 4.69) is 5.32 Å². The van der Waals surface area contributed by atoms with Crippen molar-refractivity contribution < 1.29 is 9.72 Å². The average molecular weight is 303 g/mol. The summed E-state index contributed by atoms with van der Waals surface area (Å²) in [6.45, 7) is 0. The van der Waals surface area contributed by atoms with Gasteiger partial charge in [-0.05, 0) is 24.3 Å². The highest BCUT2D eigenvalue weighted by atomic mass is 35.5. The third-order valence-electron chi connectivity index (χ3n) is 2.73. The Hall–Kier alpha value is -2.66. The zero-order valence-corrected chi connectivity index (χ0v) is 11.6. The number of carbonyl (C=O) groups excluding carboxylic acids is 1. The Morgan fingerprint density at radius 2 is 1.71 bits per heavy atom. The predicted octanol–water partition coefficient (Wildman–Crippen LogP) is 3.73. The number of nitrogens with zero attached hydrogens (tertiary/aromatic N) is 1. The SMILES string of the molecule is O=C(c1ccccc1Cl)c1ccccc1N/C=C/[N+](=O)[O-]. The fourth-order valence-electron chi connectivity index (χ4n) is 1.79. The first-order valence-corrected chi connectivity index (χ1v) is 6.42. The van der Waals surface area contributed by atoms with Crippen molar-refractivity contribution in [3.8, 4) is 0 Å². The van der Waals surface area contributed by atoms with Gasteiger partial charge >= 0.3 is 0 Å². The number of nitro groups is 1. The molecule has 0 fully saturated rings. The number of halogens is 1. The van der Waals surface area contributed by atoms with Gasteiger partial charge in [0.05, 0.1) is 16.1 Å². The molecule has 0 aliphatic rings. The molecule has 0 spiro atoms. The number of anilines is 1. The van der Waals surface area contributed by atoms with E-state index in [1.54, 1.807) is 48.5 Å². The van der Waals surface area contributed by atoms with Crippen molar-refractivity contribution >= 4 is 23.1 Å². The van der Waals surface area contributed by atoms with Gasteiger partial charge in [0.25, 0.3) is 0 Å². The van der Waals surface area contributed by atoms with E-state index in [1.165, 1.54) is 6.20 Å². The Bertz CT molecular complexity index is 714. The molecule has 2 rings (SSSR count). The van der Waals surface area contributed by atoms with Crippen molar-refractivity contribution in [3.63, 3.8) is 0 Å². The molecule has 0 aromatic heterocycles. The molecule has 0 radical (unpaired) electrons. The van der Waals surface area contributed by atoms with Crippen LogP contribution in [0, 0.1) is 10.1 Å². The maximum Gasteiger partial charge on any atom is 0.250 e. The molecule has 5 nitrogen and oxygen atoms in total. The monoisotopic (exact) mass is 302 g/mol. The van der Waals surface area contributed by atoms with Crippen LogP contribution in [0.4, 0.5) is 5.69 Å². The molecule has 0 bridgehead atoms. The number of nitrogens with one attached hydrogen (secondary N) is 1. The molecule has 0 saturated carbocycles. The van der Waals surface area contributed by atoms with Gasteiger partial charge in [-0.2, -0.15) is 0 Å². The molecule has 0 atom stereocenters. The van der Waals surface area contributed by atoms with Gasteiger partial charge < -0.3 is 5.32 Å². The Morgan fingerprint density at radius 1 is 1.10 bits per heavy atom. The third kappa shape index (κ3) is 3.67. The highest BCUT2D eigenvalue weighted by Crippen LogP contribution is 2.23. The standard InChI is InChI=1S/C15H11ClN2O3/c16-13-7-3-1-5-11(13)15(19)12-6-2-4-8-14(12)17-9-10-18(20)21/h1-10,17H/b10-9+. The first kappa shape index (κ1) is 14.7. The number of benzene rings is 2. The van der Waals surface area contributed by atoms with E-state index in [9.17, 15) is 14.9 Å². The van der Waals surface area contributed by atoms with Crippen molar-refractivity contribution in [1.82, 2.24) is 0 Å². The number of carbonyl (C=O) groups is 1. The van der Waals surface area contributed by atoms with Gasteiger partial charge in [0.1, 0.15) is 0 Å². The van der Waals surface area contributed by atoms with Crippen LogP contribution in [0.3, 0.4) is 0 Å². The maximum atomic E-state index is 12.5. The van der Waals surface area contributed by atoms with Gasteiger partial charge in [0, 0.05) is 16.8 Å². The van der Waals surface area contributed by atoms with E-state index in [0.717, 1.165) is 6.20 Å². The van der Waals surface area contributed by atoms with E-state index in [0.29, 0.717) is 21.8 Å². The van der Waals surface area contributed by atoms with Gasteiger partial charge in [-0.3, -0.25) is 14.9 Å². The number of rotatable bonds is 5. The second-order valence-electron chi connectivity index (χ2n) is 4.10. The molecule has 106 valence electrons. The summed E-state index contributed by atoms with van der Waals surface area (Å²) in [5.74, 6) is -0.252. The van der Waals surface area contributed by atoms with Crippen LogP contribution in [0.25, 0.3) is 0 Å². The summed E-state index contributed by atoms with van der Waals surface area (Å²) in [6, 6.07) is 13.5. The number of hydrogen-bond donors (Lipinski definition) is 1. The Morgan fingerprint density at radius 3 is 2.38 bits per heavy atom. The van der Waals surface area contributed by atoms with E-state index in [4.69, 9.17) is 11.6 Å². The van der Waals surface area contributed by atoms with E-state index < -0.39 is 4.92 Å². The highest BCUT2D eigenvalue weighted by Gasteiger charge is 2.15. The van der Waals surface area contributed by atoms with Crippen LogP contribution in [-0.2, 0) is 0 Å². The minimum atomic E-state index is -0.592. The number of para-hydroxylation sites is 1. The predicted molar refractivity (Wildman–Crippen MR) is 81.1 cm³/mol. The lowest BCUT2D eigenvalue weighted by atomic mass is 10.0. The Labute approximate surface area is 126 Å². The van der Waals surface area contributed by atoms with Gasteiger partial charge in [0.2, 0.25) is 6.20 Å². The van der Waals surface area contributed by atoms with Crippen LogP contribution in [0.2, 0.25) is 5.02 Å². The summed E-state index contributed by atoms with van der Waals surface area (Å²) >= 11 is 6.02. The zero-order chi connectivity index (χ0) is 15.2. The second kappa shape index (κ2) is 6.67. The highest BCUT2D eigenvalue weighted by molar-refractivity contribution is 6.35. The fourth-order valence-corrected chi connectivity index (χ4v) is 2.01. The lowest BCUT2D eigenvalue weighted by Gasteiger charge is -2.08. The molecular weight excluding hydrogens is 292 g/mol. The molecule has 2 aromatic carbocycles. The molecule has 0 aliphatic carbocycles. The zero-order valence-electron chi connectivity index (χ0n) is 10.8. The molecule has 0 aliphatic heterocycles. The molecule has 0 saturated heterocycles. The Kier molecular flexibility index (Phi) is 4.68. The largest absolute Gasteiger partial charge is 0.356 e. The van der Waals surface area contributed by atoms with Crippen molar-refractivity contribution in [2.45, 2.75) is 0 Å². The van der Waals surface area contributed by atoms with Crippen molar-refractivity contribution in [2.24, 2.45) is 0 Å². The molecule has 6 heteroatoms. The smallest absolute Gasteiger partial charge is 0.250 e. The molecule has 2 aromatic rings. The molecule has 0 heterocycles. The van der Waals surface area contributed by atoms with Gasteiger partial charge in [0.15, 0.2) is 5.78 Å². The summed E-state index contributed by atoms with van der Waals surface area (Å²) < 4.78 is 0. The van der Waals surface area contributed by atoms with E-state index >= 15 is 0 Å². The summed E-state index contributed by atoms with van der Waals surface area (Å²) in [5, 5.41) is 13.4. The number of ketones is 1. The van der Waals surface area contributed by atoms with Crippen LogP contribution in [-0.4, -0.2) is 10.7 Å². The van der Waals surface area contributed by atoms with Crippen molar-refractivity contribution in [3.05, 3.63) is 87.2 Å². The second-order valence-corrected chi connectivity index (χ2v) is 4.51. The van der Waals surface area contributed by atoms with Gasteiger partial charge in [-0.1, -0.05) is 35.9 Å². The topological polar surface area (TPSA) is 72.2 Å². The van der Waals surface area contributed by atoms with Crippen molar-refractivity contribution in [1.29, 1.82) is 0 Å². The first-order valence-electron chi connectivity index (χ1n) is 6.04. The lowest BCUT2D eigenvalue weighted by Crippen LogP contribution is -2.05. The van der Waals surface area contributed by atoms with Crippen LogP contribution >= 0.6 is 11.6 Å². The molecular formula is C15H11ClN2O3. The minimum absolute atomic E-state index is 0.252. The summed E-state index contributed by atoms with van der Waals surface area (Å²) in [7, 11) is 0. The lowest BCUT2D eigenvalue weighted by molar-refractivity contribution is -0.402. The third-order valence-corrected chi connectivity index (χ3v) is 3.05. The molecule has 1 N–H and O–H groups in total. The molecule has 0 unspecified atom stereocenters. The average Bonchev–Trinajstić information content (AvgIpc) is 2.47. The number of hydrogen-bond acceptors (Lipinski definition) is 4. The normalized spacial score (nSPS) is 10.5. The van der Waals surface area contributed by atoms with E-state index in [-0.39, 0.29) is 5.78 Å². The van der Waals surface area contributed by atoms with Crippen LogP contribution < -0.4 is 5.32 Å². The van der Waals surface area contributed by atoms with Crippen LogP contribution in [0.1, 0.15) is 15.9 Å². The first-order chi connectivity index (χ1) is 10.1. The van der Waals surface area contributed by atoms with Crippen molar-refractivity contribution in [2.75, 3.05) is 5.32 Å². The van der Waals surface area contributed by atoms with Gasteiger partial charge in [-0.15, -0.1) is 0 Å².